The summed E-state index contributed by atoms with van der Waals surface area (Å²) in [7, 11) is 0. The molecule has 0 unspecified atom stereocenters. The molecule has 0 saturated carbocycles. The second kappa shape index (κ2) is 5.08. The highest BCUT2D eigenvalue weighted by Gasteiger charge is 2.30. The van der Waals surface area contributed by atoms with Gasteiger partial charge in [0.25, 0.3) is 0 Å². The summed E-state index contributed by atoms with van der Waals surface area (Å²) in [5.74, 6) is -1.09. The van der Waals surface area contributed by atoms with Crippen LogP contribution < -0.4 is 0 Å². The maximum absolute atomic E-state index is 12.4. The fourth-order valence-electron chi connectivity index (χ4n) is 2.27. The minimum absolute atomic E-state index is 0.00457. The highest BCUT2D eigenvalue weighted by atomic mass is 16.4. The lowest BCUT2D eigenvalue weighted by atomic mass is 9.84. The standard InChI is InChI=1S/C17H18O3/c1-11-8-9-14(13-7-5-4-6-12(11)13)15(18)10-17(2,3)16(19)20/h4-9H,10H2,1-3H3,(H,19,20). The first kappa shape index (κ1) is 14.3. The summed E-state index contributed by atoms with van der Waals surface area (Å²) in [5.41, 5.74) is 0.651. The van der Waals surface area contributed by atoms with Gasteiger partial charge < -0.3 is 5.11 Å². The maximum atomic E-state index is 12.4. The molecule has 2 rings (SSSR count). The lowest BCUT2D eigenvalue weighted by Gasteiger charge is -2.18. The summed E-state index contributed by atoms with van der Waals surface area (Å²) in [5, 5.41) is 11.1. The van der Waals surface area contributed by atoms with Crippen LogP contribution in [-0.4, -0.2) is 16.9 Å². The third-order valence-electron chi connectivity index (χ3n) is 3.62. The van der Waals surface area contributed by atoms with E-state index in [2.05, 4.69) is 0 Å². The molecule has 0 atom stereocenters. The van der Waals surface area contributed by atoms with Crippen molar-refractivity contribution in [3.8, 4) is 0 Å². The Morgan fingerprint density at radius 1 is 1.05 bits per heavy atom. The number of hydrogen-bond acceptors (Lipinski definition) is 2. The van der Waals surface area contributed by atoms with Gasteiger partial charge in [-0.1, -0.05) is 36.4 Å². The highest BCUT2D eigenvalue weighted by molar-refractivity contribution is 6.09. The van der Waals surface area contributed by atoms with Crippen LogP contribution in [0.4, 0.5) is 0 Å². The molecule has 3 heteroatoms. The number of carboxylic acid groups (broad SMARTS) is 1. The van der Waals surface area contributed by atoms with Crippen LogP contribution in [0, 0.1) is 12.3 Å². The molecule has 0 aliphatic heterocycles. The summed E-state index contributed by atoms with van der Waals surface area (Å²) in [6.45, 7) is 5.14. The van der Waals surface area contributed by atoms with Gasteiger partial charge in [0.05, 0.1) is 5.41 Å². The minimum atomic E-state index is -1.05. The van der Waals surface area contributed by atoms with E-state index in [-0.39, 0.29) is 12.2 Å². The van der Waals surface area contributed by atoms with Crippen molar-refractivity contribution in [2.45, 2.75) is 27.2 Å². The number of aryl methyl sites for hydroxylation is 1. The van der Waals surface area contributed by atoms with Gasteiger partial charge in [0.2, 0.25) is 0 Å². The molecular weight excluding hydrogens is 252 g/mol. The van der Waals surface area contributed by atoms with Crippen molar-refractivity contribution in [1.82, 2.24) is 0 Å². The number of carboxylic acids is 1. The number of carbonyl (C=O) groups is 2. The maximum Gasteiger partial charge on any atom is 0.309 e. The molecule has 0 bridgehead atoms. The number of rotatable bonds is 4. The van der Waals surface area contributed by atoms with Gasteiger partial charge in [-0.15, -0.1) is 0 Å². The first-order valence-corrected chi connectivity index (χ1v) is 6.58. The summed E-state index contributed by atoms with van der Waals surface area (Å²) >= 11 is 0. The molecule has 0 aromatic heterocycles. The van der Waals surface area contributed by atoms with Gasteiger partial charge >= 0.3 is 5.97 Å². The monoisotopic (exact) mass is 270 g/mol. The van der Waals surface area contributed by atoms with Gasteiger partial charge in [-0.25, -0.2) is 0 Å². The first-order valence-electron chi connectivity index (χ1n) is 6.58. The largest absolute Gasteiger partial charge is 0.481 e. The molecule has 2 aromatic rings. The van der Waals surface area contributed by atoms with E-state index in [4.69, 9.17) is 5.11 Å². The number of Topliss-reactive ketones (excluding diaryl/α,β-unsaturated/α-hetero) is 1. The molecule has 2 aromatic carbocycles. The van der Waals surface area contributed by atoms with Crippen LogP contribution in [0.3, 0.4) is 0 Å². The average molecular weight is 270 g/mol. The van der Waals surface area contributed by atoms with E-state index in [1.807, 2.05) is 37.3 Å². The minimum Gasteiger partial charge on any atom is -0.481 e. The van der Waals surface area contributed by atoms with Gasteiger partial charge in [0.15, 0.2) is 5.78 Å². The number of ketones is 1. The predicted molar refractivity (Wildman–Crippen MR) is 79.0 cm³/mol. The van der Waals surface area contributed by atoms with Crippen LogP contribution in [0.15, 0.2) is 36.4 Å². The lowest BCUT2D eigenvalue weighted by Crippen LogP contribution is -2.27. The fourth-order valence-corrected chi connectivity index (χ4v) is 2.27. The molecule has 0 heterocycles. The van der Waals surface area contributed by atoms with E-state index in [1.165, 1.54) is 0 Å². The van der Waals surface area contributed by atoms with Crippen LogP contribution in [0.2, 0.25) is 0 Å². The molecule has 0 saturated heterocycles. The Kier molecular flexibility index (Phi) is 3.62. The van der Waals surface area contributed by atoms with Crippen molar-refractivity contribution >= 4 is 22.5 Å². The quantitative estimate of drug-likeness (QED) is 0.859. The Balaban J connectivity index is 2.46. The normalized spacial score (nSPS) is 11.6. The van der Waals surface area contributed by atoms with Crippen LogP contribution in [0.5, 0.6) is 0 Å². The van der Waals surface area contributed by atoms with Crippen molar-refractivity contribution in [1.29, 1.82) is 0 Å². The van der Waals surface area contributed by atoms with Crippen LogP contribution in [0.25, 0.3) is 10.8 Å². The number of carbonyl (C=O) groups excluding carboxylic acids is 1. The second-order valence-corrected chi connectivity index (χ2v) is 5.76. The van der Waals surface area contributed by atoms with Crippen molar-refractivity contribution in [3.63, 3.8) is 0 Å². The third kappa shape index (κ3) is 2.57. The van der Waals surface area contributed by atoms with Gasteiger partial charge in [-0.2, -0.15) is 0 Å². The van der Waals surface area contributed by atoms with Crippen molar-refractivity contribution in [3.05, 3.63) is 47.5 Å². The Morgan fingerprint density at radius 3 is 2.25 bits per heavy atom. The number of fused-ring (bicyclic) bond motifs is 1. The molecule has 104 valence electrons. The van der Waals surface area contributed by atoms with Gasteiger partial charge in [-0.05, 0) is 37.1 Å². The Labute approximate surface area is 118 Å². The third-order valence-corrected chi connectivity index (χ3v) is 3.62. The van der Waals surface area contributed by atoms with E-state index < -0.39 is 11.4 Å². The predicted octanol–water partition coefficient (Wildman–Crippen LogP) is 3.83. The number of aliphatic carboxylic acids is 1. The molecule has 20 heavy (non-hydrogen) atoms. The van der Waals surface area contributed by atoms with E-state index in [9.17, 15) is 9.59 Å². The smallest absolute Gasteiger partial charge is 0.309 e. The van der Waals surface area contributed by atoms with E-state index in [0.29, 0.717) is 5.56 Å². The first-order chi connectivity index (χ1) is 9.33. The summed E-state index contributed by atoms with van der Waals surface area (Å²) in [6.07, 6.45) is -0.00457. The van der Waals surface area contributed by atoms with E-state index in [0.717, 1.165) is 16.3 Å². The van der Waals surface area contributed by atoms with Gasteiger partial charge in [0, 0.05) is 12.0 Å². The number of hydrogen-bond donors (Lipinski definition) is 1. The van der Waals surface area contributed by atoms with Crippen LogP contribution >= 0.6 is 0 Å². The van der Waals surface area contributed by atoms with Gasteiger partial charge in [0.1, 0.15) is 0 Å². The zero-order chi connectivity index (χ0) is 14.9. The Morgan fingerprint density at radius 2 is 1.65 bits per heavy atom. The fraction of sp³-hybridized carbons (Fsp3) is 0.294. The molecule has 3 nitrogen and oxygen atoms in total. The van der Waals surface area contributed by atoms with E-state index in [1.54, 1.807) is 19.9 Å². The van der Waals surface area contributed by atoms with Crippen molar-refractivity contribution in [2.24, 2.45) is 5.41 Å². The molecule has 0 fully saturated rings. The van der Waals surface area contributed by atoms with Crippen LogP contribution in [-0.2, 0) is 4.79 Å². The van der Waals surface area contributed by atoms with E-state index >= 15 is 0 Å². The molecule has 1 N–H and O–H groups in total. The average Bonchev–Trinajstić information content (AvgIpc) is 2.38. The lowest BCUT2D eigenvalue weighted by molar-refractivity contribution is -0.146. The molecular formula is C17H18O3. The summed E-state index contributed by atoms with van der Waals surface area (Å²) in [4.78, 5) is 23.6. The van der Waals surface area contributed by atoms with Crippen molar-refractivity contribution in [2.75, 3.05) is 0 Å². The molecule has 0 aliphatic carbocycles. The molecule has 0 radical (unpaired) electrons. The Hall–Kier alpha value is -2.16. The van der Waals surface area contributed by atoms with Crippen molar-refractivity contribution < 1.29 is 14.7 Å². The molecule has 0 aliphatic rings. The molecule has 0 amide bonds. The Bertz CT molecular complexity index is 684. The summed E-state index contributed by atoms with van der Waals surface area (Å²) < 4.78 is 0. The van der Waals surface area contributed by atoms with Gasteiger partial charge in [-0.3, -0.25) is 9.59 Å². The molecule has 0 spiro atoms. The number of benzene rings is 2. The zero-order valence-electron chi connectivity index (χ0n) is 11.9. The van der Waals surface area contributed by atoms with Crippen LogP contribution in [0.1, 0.15) is 36.2 Å². The SMILES string of the molecule is Cc1ccc(C(=O)CC(C)(C)C(=O)O)c2ccccc12. The summed E-state index contributed by atoms with van der Waals surface area (Å²) in [6, 6.07) is 11.4. The highest BCUT2D eigenvalue weighted by Crippen LogP contribution is 2.28. The zero-order valence-corrected chi connectivity index (χ0v) is 11.9. The second-order valence-electron chi connectivity index (χ2n) is 5.76. The topological polar surface area (TPSA) is 54.4 Å².